The van der Waals surface area contributed by atoms with Crippen molar-refractivity contribution in [2.24, 2.45) is 17.8 Å². The predicted octanol–water partition coefficient (Wildman–Crippen LogP) is 1.03. The second-order valence-corrected chi connectivity index (χ2v) is 10.7. The average Bonchev–Trinajstić information content (AvgIpc) is 2.85. The van der Waals surface area contributed by atoms with Gasteiger partial charge in [0.15, 0.2) is 12.4 Å². The molecule has 2 heterocycles. The van der Waals surface area contributed by atoms with Crippen molar-refractivity contribution in [2.75, 3.05) is 26.3 Å². The minimum atomic E-state index is -1.33. The Bertz CT molecular complexity index is 666. The lowest BCUT2D eigenvalue weighted by Gasteiger charge is -2.45. The molecule has 6 atom stereocenters. The summed E-state index contributed by atoms with van der Waals surface area (Å²) >= 11 is 0. The fraction of sp³-hybridized carbons (Fsp3) is 0.920. The second-order valence-electron chi connectivity index (χ2n) is 10.7. The third-order valence-corrected chi connectivity index (χ3v) is 7.34. The lowest BCUT2D eigenvalue weighted by molar-refractivity contribution is -0.284. The number of piperidine rings is 1. The van der Waals surface area contributed by atoms with E-state index in [1.807, 2.05) is 13.8 Å². The Morgan fingerprint density at radius 1 is 1.11 bits per heavy atom. The Balaban J connectivity index is 1.81. The number of rotatable bonds is 11. The molecule has 35 heavy (non-hydrogen) atoms. The van der Waals surface area contributed by atoms with Gasteiger partial charge in [-0.15, -0.1) is 0 Å². The summed E-state index contributed by atoms with van der Waals surface area (Å²) in [6.45, 7) is 5.27. The van der Waals surface area contributed by atoms with Gasteiger partial charge >= 0.3 is 5.97 Å². The fourth-order valence-corrected chi connectivity index (χ4v) is 5.31. The molecule has 3 fully saturated rings. The van der Waals surface area contributed by atoms with E-state index in [1.54, 1.807) is 0 Å². The maximum absolute atomic E-state index is 13.1. The standard InChI is InChI=1S/C25H44N2O8/c1-15(2)14-33-25-20(27-23(30)17-8-10-26-11-9-17)22(21(29)19(13-28)35-25)34-18(24(31)32)12-16-6-4-3-5-7-16/h15-22,25-26,28-29H,3-14H2,1-2H3,(H,27,30)(H,31,32)/t18-,19?,20?,21?,22?,25?/m0/s1. The van der Waals surface area contributed by atoms with E-state index in [0.717, 1.165) is 45.2 Å². The molecule has 5 unspecified atom stereocenters. The number of carbonyl (C=O) groups is 2. The largest absolute Gasteiger partial charge is 0.479 e. The molecule has 10 nitrogen and oxygen atoms in total. The quantitative estimate of drug-likeness (QED) is 0.281. The normalized spacial score (nSPS) is 31.9. The summed E-state index contributed by atoms with van der Waals surface area (Å²) in [5, 5.41) is 37.0. The summed E-state index contributed by atoms with van der Waals surface area (Å²) in [5.74, 6) is -1.08. The second kappa shape index (κ2) is 13.9. The van der Waals surface area contributed by atoms with Gasteiger partial charge in [0.25, 0.3) is 0 Å². The van der Waals surface area contributed by atoms with Crippen LogP contribution in [0.3, 0.4) is 0 Å². The highest BCUT2D eigenvalue weighted by atomic mass is 16.7. The highest BCUT2D eigenvalue weighted by molar-refractivity contribution is 5.79. The molecule has 5 N–H and O–H groups in total. The summed E-state index contributed by atoms with van der Waals surface area (Å²) in [6.07, 6.45) is 1.35. The van der Waals surface area contributed by atoms with Crippen LogP contribution in [0.15, 0.2) is 0 Å². The maximum Gasteiger partial charge on any atom is 0.332 e. The number of aliphatic carboxylic acids is 1. The molecule has 1 saturated carbocycles. The zero-order valence-corrected chi connectivity index (χ0v) is 21.1. The zero-order chi connectivity index (χ0) is 25.4. The molecule has 1 amide bonds. The lowest BCUT2D eigenvalue weighted by atomic mass is 9.85. The molecule has 3 rings (SSSR count). The first-order chi connectivity index (χ1) is 16.8. The van der Waals surface area contributed by atoms with E-state index in [0.29, 0.717) is 25.9 Å². The number of hydrogen-bond acceptors (Lipinski definition) is 8. The smallest absolute Gasteiger partial charge is 0.332 e. The number of nitrogens with one attached hydrogen (secondary N) is 2. The highest BCUT2D eigenvalue weighted by Crippen LogP contribution is 2.31. The van der Waals surface area contributed by atoms with Gasteiger partial charge < -0.3 is 40.2 Å². The van der Waals surface area contributed by atoms with Gasteiger partial charge in [0, 0.05) is 5.92 Å². The first kappa shape index (κ1) is 28.3. The molecule has 2 saturated heterocycles. The molecule has 0 aromatic rings. The third-order valence-electron chi connectivity index (χ3n) is 7.34. The van der Waals surface area contributed by atoms with Crippen LogP contribution in [0.4, 0.5) is 0 Å². The summed E-state index contributed by atoms with van der Waals surface area (Å²) in [4.78, 5) is 25.3. The predicted molar refractivity (Wildman–Crippen MR) is 128 cm³/mol. The van der Waals surface area contributed by atoms with E-state index >= 15 is 0 Å². The monoisotopic (exact) mass is 500 g/mol. The number of hydrogen-bond donors (Lipinski definition) is 5. The maximum atomic E-state index is 13.1. The molecular weight excluding hydrogens is 456 g/mol. The average molecular weight is 501 g/mol. The molecule has 0 aromatic heterocycles. The summed E-state index contributed by atoms with van der Waals surface area (Å²) in [5.41, 5.74) is 0. The molecule has 0 bridgehead atoms. The molecule has 10 heteroatoms. The molecule has 0 spiro atoms. The van der Waals surface area contributed by atoms with Crippen LogP contribution >= 0.6 is 0 Å². The van der Waals surface area contributed by atoms with E-state index in [1.165, 1.54) is 0 Å². The first-order valence-electron chi connectivity index (χ1n) is 13.3. The van der Waals surface area contributed by atoms with E-state index in [2.05, 4.69) is 10.6 Å². The van der Waals surface area contributed by atoms with Crippen LogP contribution in [0.2, 0.25) is 0 Å². The van der Waals surface area contributed by atoms with Crippen molar-refractivity contribution in [1.29, 1.82) is 0 Å². The van der Waals surface area contributed by atoms with Crippen molar-refractivity contribution in [1.82, 2.24) is 10.6 Å². The number of aliphatic hydroxyl groups is 2. The van der Waals surface area contributed by atoms with Gasteiger partial charge in [0.2, 0.25) is 5.91 Å². The van der Waals surface area contributed by atoms with Gasteiger partial charge in [-0.25, -0.2) is 4.79 Å². The van der Waals surface area contributed by atoms with E-state index in [-0.39, 0.29) is 23.7 Å². The Kier molecular flexibility index (Phi) is 11.2. The minimum absolute atomic E-state index is 0.177. The Morgan fingerprint density at radius 2 is 1.80 bits per heavy atom. The van der Waals surface area contributed by atoms with Crippen molar-refractivity contribution in [3.63, 3.8) is 0 Å². The molecule has 3 aliphatic rings. The molecular formula is C25H44N2O8. The summed E-state index contributed by atoms with van der Waals surface area (Å²) in [6, 6.07) is -0.915. The molecule has 2 aliphatic heterocycles. The van der Waals surface area contributed by atoms with Crippen molar-refractivity contribution < 1.29 is 39.1 Å². The Labute approximate surface area is 208 Å². The van der Waals surface area contributed by atoms with Crippen LogP contribution in [-0.4, -0.2) is 90.2 Å². The van der Waals surface area contributed by atoms with E-state index < -0.39 is 49.3 Å². The highest BCUT2D eigenvalue weighted by Gasteiger charge is 2.49. The molecule has 0 radical (unpaired) electrons. The van der Waals surface area contributed by atoms with Crippen LogP contribution in [0.25, 0.3) is 0 Å². The summed E-state index contributed by atoms with van der Waals surface area (Å²) < 4.78 is 17.9. The third kappa shape index (κ3) is 8.10. The Hall–Kier alpha value is -1.30. The van der Waals surface area contributed by atoms with Crippen LogP contribution in [0, 0.1) is 17.8 Å². The SMILES string of the molecule is CC(C)COC1OC(CO)C(O)C(O[C@@H](CC2CCCCC2)C(=O)O)C1NC(=O)C1CCNCC1. The van der Waals surface area contributed by atoms with Crippen LogP contribution < -0.4 is 10.6 Å². The van der Waals surface area contributed by atoms with Crippen molar-refractivity contribution >= 4 is 11.9 Å². The van der Waals surface area contributed by atoms with Crippen molar-refractivity contribution in [2.45, 2.75) is 102 Å². The van der Waals surface area contributed by atoms with Crippen LogP contribution in [0.1, 0.15) is 65.2 Å². The number of carboxylic acid groups (broad SMARTS) is 1. The van der Waals surface area contributed by atoms with Gasteiger partial charge in [-0.05, 0) is 44.2 Å². The summed E-state index contributed by atoms with van der Waals surface area (Å²) in [7, 11) is 0. The number of carbonyl (C=O) groups excluding carboxylic acids is 1. The van der Waals surface area contributed by atoms with Crippen LogP contribution in [-0.2, 0) is 23.8 Å². The van der Waals surface area contributed by atoms with Gasteiger partial charge in [-0.3, -0.25) is 4.79 Å². The van der Waals surface area contributed by atoms with Crippen LogP contribution in [0.5, 0.6) is 0 Å². The molecule has 202 valence electrons. The van der Waals surface area contributed by atoms with E-state index in [9.17, 15) is 24.9 Å². The topological polar surface area (TPSA) is 147 Å². The number of ether oxygens (including phenoxy) is 3. The number of amides is 1. The fourth-order valence-electron chi connectivity index (χ4n) is 5.31. The van der Waals surface area contributed by atoms with Crippen molar-refractivity contribution in [3.8, 4) is 0 Å². The Morgan fingerprint density at radius 3 is 2.40 bits per heavy atom. The first-order valence-corrected chi connectivity index (χ1v) is 13.3. The van der Waals surface area contributed by atoms with Gasteiger partial charge in [0.05, 0.1) is 13.2 Å². The number of carboxylic acids is 1. The van der Waals surface area contributed by atoms with Crippen molar-refractivity contribution in [3.05, 3.63) is 0 Å². The van der Waals surface area contributed by atoms with Gasteiger partial charge in [-0.1, -0.05) is 46.0 Å². The zero-order valence-electron chi connectivity index (χ0n) is 21.1. The molecule has 0 aromatic carbocycles. The van der Waals surface area contributed by atoms with E-state index in [4.69, 9.17) is 14.2 Å². The lowest BCUT2D eigenvalue weighted by Crippen LogP contribution is -2.67. The number of aliphatic hydroxyl groups excluding tert-OH is 2. The molecule has 1 aliphatic carbocycles. The minimum Gasteiger partial charge on any atom is -0.479 e. The van der Waals surface area contributed by atoms with Gasteiger partial charge in [-0.2, -0.15) is 0 Å². The van der Waals surface area contributed by atoms with Gasteiger partial charge in [0.1, 0.15) is 24.4 Å².